The van der Waals surface area contributed by atoms with Crippen LogP contribution in [0.1, 0.15) is 18.1 Å². The van der Waals surface area contributed by atoms with Crippen molar-refractivity contribution in [3.8, 4) is 17.2 Å². The molecule has 0 atom stereocenters. The van der Waals surface area contributed by atoms with Gasteiger partial charge in [-0.3, -0.25) is 4.99 Å². The minimum absolute atomic E-state index is 0.468. The number of halogens is 1. The third-order valence-corrected chi connectivity index (χ3v) is 4.58. The van der Waals surface area contributed by atoms with Crippen molar-refractivity contribution in [2.24, 2.45) is 4.99 Å². The van der Waals surface area contributed by atoms with Gasteiger partial charge in [0.1, 0.15) is 12.4 Å². The zero-order chi connectivity index (χ0) is 19.8. The molecule has 28 heavy (non-hydrogen) atoms. The average Bonchev–Trinajstić information content (AvgIpc) is 2.73. The van der Waals surface area contributed by atoms with Crippen molar-refractivity contribution >= 4 is 27.8 Å². The van der Waals surface area contributed by atoms with Gasteiger partial charge in [-0.2, -0.15) is 0 Å². The molecule has 144 valence electrons. The maximum Gasteiger partial charge on any atom is 0.175 e. The molecular weight excluding hydrogens is 418 g/mol. The van der Waals surface area contributed by atoms with E-state index < -0.39 is 0 Å². The Bertz CT molecular complexity index is 925. The van der Waals surface area contributed by atoms with E-state index in [0.29, 0.717) is 24.7 Å². The minimum atomic E-state index is 0.468. The molecule has 0 fully saturated rings. The summed E-state index contributed by atoms with van der Waals surface area (Å²) < 4.78 is 17.8. The van der Waals surface area contributed by atoms with Crippen LogP contribution >= 0.6 is 15.9 Å². The number of nitrogens with zero attached hydrogens (tertiary/aromatic N) is 1. The monoisotopic (exact) mass is 439 g/mol. The zero-order valence-corrected chi connectivity index (χ0v) is 17.5. The normalized spacial score (nSPS) is 10.8. The average molecular weight is 440 g/mol. The molecule has 0 aliphatic carbocycles. The molecule has 0 unspecified atom stereocenters. The van der Waals surface area contributed by atoms with Gasteiger partial charge in [-0.15, -0.1) is 0 Å². The smallest absolute Gasteiger partial charge is 0.175 e. The largest absolute Gasteiger partial charge is 0.494 e. The lowest BCUT2D eigenvalue weighted by Crippen LogP contribution is -1.99. The van der Waals surface area contributed by atoms with Crippen LogP contribution < -0.4 is 14.2 Å². The molecule has 0 heterocycles. The standard InChI is InChI=1S/C23H22BrNO3/c1-3-27-20-11-9-19(10-12-20)25-15-18-13-21(24)23(22(14-18)26-2)28-16-17-7-5-4-6-8-17/h4-15H,3,16H2,1-2H3. The van der Waals surface area contributed by atoms with Crippen molar-refractivity contribution in [2.45, 2.75) is 13.5 Å². The molecule has 3 aromatic rings. The molecule has 0 aliphatic heterocycles. The second kappa shape index (κ2) is 9.95. The van der Waals surface area contributed by atoms with Gasteiger partial charge in [-0.05, 0) is 70.4 Å². The predicted molar refractivity (Wildman–Crippen MR) is 116 cm³/mol. The van der Waals surface area contributed by atoms with Crippen molar-refractivity contribution in [2.75, 3.05) is 13.7 Å². The molecule has 0 spiro atoms. The quantitative estimate of drug-likeness (QED) is 0.393. The Hall–Kier alpha value is -2.79. The number of hydrogen-bond acceptors (Lipinski definition) is 4. The summed E-state index contributed by atoms with van der Waals surface area (Å²) in [4.78, 5) is 4.52. The van der Waals surface area contributed by atoms with Gasteiger partial charge in [0.05, 0.1) is 23.9 Å². The highest BCUT2D eigenvalue weighted by molar-refractivity contribution is 9.10. The number of rotatable bonds is 8. The number of aliphatic imine (C=N–C) groups is 1. The van der Waals surface area contributed by atoms with Crippen molar-refractivity contribution in [1.29, 1.82) is 0 Å². The molecule has 0 saturated carbocycles. The summed E-state index contributed by atoms with van der Waals surface area (Å²) in [6.45, 7) is 3.08. The molecule has 3 aromatic carbocycles. The fraction of sp³-hybridized carbons (Fsp3) is 0.174. The third kappa shape index (κ3) is 5.36. The first kappa shape index (κ1) is 20.0. The van der Waals surface area contributed by atoms with E-state index >= 15 is 0 Å². The Morgan fingerprint density at radius 3 is 2.39 bits per heavy atom. The van der Waals surface area contributed by atoms with Gasteiger partial charge in [0, 0.05) is 6.21 Å². The van der Waals surface area contributed by atoms with Crippen LogP contribution in [0.4, 0.5) is 5.69 Å². The van der Waals surface area contributed by atoms with Crippen molar-refractivity contribution in [3.05, 3.63) is 82.3 Å². The number of hydrogen-bond donors (Lipinski definition) is 0. The van der Waals surface area contributed by atoms with Gasteiger partial charge in [-0.1, -0.05) is 30.3 Å². The van der Waals surface area contributed by atoms with Crippen LogP contribution in [0.3, 0.4) is 0 Å². The van der Waals surface area contributed by atoms with Crippen LogP contribution in [0, 0.1) is 0 Å². The summed E-state index contributed by atoms with van der Waals surface area (Å²) in [5, 5.41) is 0. The maximum atomic E-state index is 5.97. The topological polar surface area (TPSA) is 40.0 Å². The zero-order valence-electron chi connectivity index (χ0n) is 15.9. The highest BCUT2D eigenvalue weighted by atomic mass is 79.9. The second-order valence-corrected chi connectivity index (χ2v) is 6.85. The summed E-state index contributed by atoms with van der Waals surface area (Å²) in [6, 6.07) is 21.5. The first-order chi connectivity index (χ1) is 13.7. The van der Waals surface area contributed by atoms with Crippen molar-refractivity contribution < 1.29 is 14.2 Å². The van der Waals surface area contributed by atoms with Gasteiger partial charge >= 0.3 is 0 Å². The first-order valence-electron chi connectivity index (χ1n) is 9.00. The molecule has 0 aliphatic rings. The molecule has 0 amide bonds. The fourth-order valence-electron chi connectivity index (χ4n) is 2.63. The van der Waals surface area contributed by atoms with E-state index in [1.807, 2.05) is 73.7 Å². The fourth-order valence-corrected chi connectivity index (χ4v) is 3.20. The number of methoxy groups -OCH3 is 1. The molecular formula is C23H22BrNO3. The van der Waals surface area contributed by atoms with Crippen LogP contribution in [0.2, 0.25) is 0 Å². The Morgan fingerprint density at radius 1 is 0.964 bits per heavy atom. The van der Waals surface area contributed by atoms with Crippen LogP contribution in [0.25, 0.3) is 0 Å². The molecule has 0 N–H and O–H groups in total. The van der Waals surface area contributed by atoms with Gasteiger partial charge in [0.25, 0.3) is 0 Å². The summed E-state index contributed by atoms with van der Waals surface area (Å²) in [6.07, 6.45) is 1.80. The lowest BCUT2D eigenvalue weighted by atomic mass is 10.2. The lowest BCUT2D eigenvalue weighted by Gasteiger charge is -2.13. The molecule has 5 heteroatoms. The molecule has 0 radical (unpaired) electrons. The summed E-state index contributed by atoms with van der Waals surface area (Å²) >= 11 is 3.58. The minimum Gasteiger partial charge on any atom is -0.494 e. The molecule has 0 bridgehead atoms. The summed E-state index contributed by atoms with van der Waals surface area (Å²) in [7, 11) is 1.63. The molecule has 0 saturated heterocycles. The van der Waals surface area contributed by atoms with Gasteiger partial charge in [0.15, 0.2) is 11.5 Å². The number of benzene rings is 3. The van der Waals surface area contributed by atoms with Gasteiger partial charge < -0.3 is 14.2 Å². The summed E-state index contributed by atoms with van der Waals surface area (Å²) in [5.74, 6) is 2.16. The Labute approximate surface area is 173 Å². The van der Waals surface area contributed by atoms with E-state index in [4.69, 9.17) is 14.2 Å². The lowest BCUT2D eigenvalue weighted by molar-refractivity contribution is 0.282. The van der Waals surface area contributed by atoms with Gasteiger partial charge in [0.2, 0.25) is 0 Å². The van der Waals surface area contributed by atoms with Crippen molar-refractivity contribution in [3.63, 3.8) is 0 Å². The van der Waals surface area contributed by atoms with E-state index in [1.54, 1.807) is 13.3 Å². The molecule has 3 rings (SSSR count). The SMILES string of the molecule is CCOc1ccc(N=Cc2cc(Br)c(OCc3ccccc3)c(OC)c2)cc1. The van der Waals surface area contributed by atoms with E-state index in [-0.39, 0.29) is 0 Å². The Morgan fingerprint density at radius 2 is 1.71 bits per heavy atom. The first-order valence-corrected chi connectivity index (χ1v) is 9.80. The second-order valence-electron chi connectivity index (χ2n) is 5.99. The maximum absolute atomic E-state index is 5.97. The van der Waals surface area contributed by atoms with E-state index in [2.05, 4.69) is 20.9 Å². The van der Waals surface area contributed by atoms with E-state index in [1.165, 1.54) is 0 Å². The number of ether oxygens (including phenoxy) is 3. The van der Waals surface area contributed by atoms with Crippen LogP contribution in [-0.4, -0.2) is 19.9 Å². The third-order valence-electron chi connectivity index (χ3n) is 3.99. The van der Waals surface area contributed by atoms with E-state index in [0.717, 1.165) is 27.0 Å². The van der Waals surface area contributed by atoms with Crippen LogP contribution in [0.5, 0.6) is 17.2 Å². The van der Waals surface area contributed by atoms with E-state index in [9.17, 15) is 0 Å². The Kier molecular flexibility index (Phi) is 7.09. The predicted octanol–water partition coefficient (Wildman–Crippen LogP) is 6.19. The molecule has 4 nitrogen and oxygen atoms in total. The van der Waals surface area contributed by atoms with Crippen LogP contribution in [-0.2, 0) is 6.61 Å². The highest BCUT2D eigenvalue weighted by Gasteiger charge is 2.11. The van der Waals surface area contributed by atoms with Gasteiger partial charge in [-0.25, -0.2) is 0 Å². The summed E-state index contributed by atoms with van der Waals surface area (Å²) in [5.41, 5.74) is 2.85. The van der Waals surface area contributed by atoms with Crippen LogP contribution in [0.15, 0.2) is 76.2 Å². The highest BCUT2D eigenvalue weighted by Crippen LogP contribution is 2.37. The van der Waals surface area contributed by atoms with Crippen molar-refractivity contribution in [1.82, 2.24) is 0 Å². The Balaban J connectivity index is 1.74. The molecule has 0 aromatic heterocycles.